The van der Waals surface area contributed by atoms with Crippen LogP contribution in [0, 0.1) is 0 Å². The summed E-state index contributed by atoms with van der Waals surface area (Å²) in [6.07, 6.45) is 16.9. The standard InChI is InChI=1S/2C10H15NO/c2*1-2-3-7-10(12)11-8-5-4-6-9-11/h2*2-3,7H,1,4-6,8-9H2/b2*7-3+. The van der Waals surface area contributed by atoms with E-state index in [-0.39, 0.29) is 11.8 Å². The SMILES string of the molecule is C=C/C=C/C(=O)N1CCCCC1.C=C/C=C/C(=O)N1CCCCC1. The molecule has 0 aliphatic carbocycles. The topological polar surface area (TPSA) is 40.6 Å². The first-order valence-corrected chi connectivity index (χ1v) is 8.85. The highest BCUT2D eigenvalue weighted by molar-refractivity contribution is 5.88. The molecule has 0 unspecified atom stereocenters. The van der Waals surface area contributed by atoms with Crippen molar-refractivity contribution in [2.45, 2.75) is 38.5 Å². The summed E-state index contributed by atoms with van der Waals surface area (Å²) >= 11 is 0. The zero-order valence-corrected chi connectivity index (χ0v) is 14.7. The Morgan fingerprint density at radius 1 is 0.625 bits per heavy atom. The predicted octanol–water partition coefficient (Wildman–Crippen LogP) is 3.48. The van der Waals surface area contributed by atoms with Gasteiger partial charge in [0, 0.05) is 38.3 Å². The van der Waals surface area contributed by atoms with Gasteiger partial charge in [0.25, 0.3) is 0 Å². The van der Waals surface area contributed by atoms with E-state index in [9.17, 15) is 9.59 Å². The summed E-state index contributed by atoms with van der Waals surface area (Å²) in [6.45, 7) is 10.7. The molecule has 2 amide bonds. The first kappa shape index (κ1) is 19.9. The summed E-state index contributed by atoms with van der Waals surface area (Å²) < 4.78 is 0. The van der Waals surface area contributed by atoms with Crippen molar-refractivity contribution in [1.82, 2.24) is 9.80 Å². The van der Waals surface area contributed by atoms with E-state index in [0.29, 0.717) is 0 Å². The molecular weight excluding hydrogens is 300 g/mol. The predicted molar refractivity (Wildman–Crippen MR) is 99.5 cm³/mol. The monoisotopic (exact) mass is 330 g/mol. The molecule has 4 nitrogen and oxygen atoms in total. The largest absolute Gasteiger partial charge is 0.339 e. The number of rotatable bonds is 4. The zero-order chi connectivity index (χ0) is 17.6. The number of carbonyl (C=O) groups excluding carboxylic acids is 2. The second-order valence-electron chi connectivity index (χ2n) is 5.96. The van der Waals surface area contributed by atoms with Crippen LogP contribution in [0.3, 0.4) is 0 Å². The fourth-order valence-electron chi connectivity index (χ4n) is 2.74. The molecule has 0 atom stereocenters. The fourth-order valence-corrected chi connectivity index (χ4v) is 2.74. The van der Waals surface area contributed by atoms with E-state index in [1.54, 1.807) is 36.5 Å². The molecule has 0 saturated carbocycles. The minimum absolute atomic E-state index is 0.120. The van der Waals surface area contributed by atoms with Crippen LogP contribution >= 0.6 is 0 Å². The smallest absolute Gasteiger partial charge is 0.246 e. The lowest BCUT2D eigenvalue weighted by Gasteiger charge is -2.25. The van der Waals surface area contributed by atoms with Gasteiger partial charge in [0.15, 0.2) is 0 Å². The maximum absolute atomic E-state index is 11.3. The highest BCUT2D eigenvalue weighted by Crippen LogP contribution is 2.09. The van der Waals surface area contributed by atoms with Crippen LogP contribution in [0.4, 0.5) is 0 Å². The molecule has 24 heavy (non-hydrogen) atoms. The maximum Gasteiger partial charge on any atom is 0.246 e. The van der Waals surface area contributed by atoms with Crippen LogP contribution in [0.5, 0.6) is 0 Å². The van der Waals surface area contributed by atoms with Gasteiger partial charge in [-0.3, -0.25) is 9.59 Å². The van der Waals surface area contributed by atoms with Crippen molar-refractivity contribution in [1.29, 1.82) is 0 Å². The number of nitrogens with zero attached hydrogens (tertiary/aromatic N) is 2. The average molecular weight is 330 g/mol. The summed E-state index contributed by atoms with van der Waals surface area (Å²) in [4.78, 5) is 26.5. The lowest BCUT2D eigenvalue weighted by atomic mass is 10.1. The molecule has 2 aliphatic rings. The Balaban J connectivity index is 0.000000240. The Labute approximate surface area is 146 Å². The maximum atomic E-state index is 11.3. The van der Waals surface area contributed by atoms with Gasteiger partial charge in [0.05, 0.1) is 0 Å². The van der Waals surface area contributed by atoms with Crippen molar-refractivity contribution in [3.63, 3.8) is 0 Å². The molecule has 2 aliphatic heterocycles. The molecule has 2 rings (SSSR count). The Morgan fingerprint density at radius 3 is 1.25 bits per heavy atom. The van der Waals surface area contributed by atoms with E-state index in [0.717, 1.165) is 51.9 Å². The second-order valence-corrected chi connectivity index (χ2v) is 5.96. The van der Waals surface area contributed by atoms with Crippen molar-refractivity contribution < 1.29 is 9.59 Å². The van der Waals surface area contributed by atoms with Crippen LogP contribution in [-0.4, -0.2) is 47.8 Å². The van der Waals surface area contributed by atoms with Gasteiger partial charge in [-0.25, -0.2) is 0 Å². The van der Waals surface area contributed by atoms with Crippen LogP contribution in [0.15, 0.2) is 49.6 Å². The van der Waals surface area contributed by atoms with Gasteiger partial charge in [0.2, 0.25) is 11.8 Å². The molecule has 4 heteroatoms. The molecule has 132 valence electrons. The molecule has 0 spiro atoms. The minimum Gasteiger partial charge on any atom is -0.339 e. The molecule has 2 fully saturated rings. The van der Waals surface area contributed by atoms with E-state index in [2.05, 4.69) is 13.2 Å². The van der Waals surface area contributed by atoms with Crippen molar-refractivity contribution in [3.05, 3.63) is 49.6 Å². The van der Waals surface area contributed by atoms with E-state index in [1.807, 2.05) is 9.80 Å². The zero-order valence-electron chi connectivity index (χ0n) is 14.7. The molecule has 0 aromatic rings. The number of hydrogen-bond acceptors (Lipinski definition) is 2. The summed E-state index contributed by atoms with van der Waals surface area (Å²) in [6, 6.07) is 0. The van der Waals surface area contributed by atoms with Crippen LogP contribution in [0.1, 0.15) is 38.5 Å². The number of allylic oxidation sites excluding steroid dienone is 4. The number of likely N-dealkylation sites (tertiary alicyclic amines) is 2. The molecule has 0 N–H and O–H groups in total. The van der Waals surface area contributed by atoms with Gasteiger partial charge in [0.1, 0.15) is 0 Å². The van der Waals surface area contributed by atoms with E-state index in [4.69, 9.17) is 0 Å². The van der Waals surface area contributed by atoms with Gasteiger partial charge in [-0.05, 0) is 38.5 Å². The number of amides is 2. The van der Waals surface area contributed by atoms with E-state index >= 15 is 0 Å². The Hall–Kier alpha value is -2.10. The Bertz CT molecular complexity index is 424. The van der Waals surface area contributed by atoms with Gasteiger partial charge < -0.3 is 9.80 Å². The van der Waals surface area contributed by atoms with Crippen molar-refractivity contribution in [2.24, 2.45) is 0 Å². The van der Waals surface area contributed by atoms with Crippen LogP contribution in [0.2, 0.25) is 0 Å². The average Bonchev–Trinajstić information content (AvgIpc) is 2.66. The van der Waals surface area contributed by atoms with Gasteiger partial charge in [-0.2, -0.15) is 0 Å². The Kier molecular flexibility index (Phi) is 10.3. The third-order valence-electron chi connectivity index (χ3n) is 4.09. The second kappa shape index (κ2) is 12.3. The Morgan fingerprint density at radius 2 is 0.958 bits per heavy atom. The van der Waals surface area contributed by atoms with E-state index < -0.39 is 0 Å². The van der Waals surface area contributed by atoms with Crippen molar-refractivity contribution in [3.8, 4) is 0 Å². The van der Waals surface area contributed by atoms with Gasteiger partial charge in [-0.15, -0.1) is 0 Å². The van der Waals surface area contributed by atoms with Crippen molar-refractivity contribution >= 4 is 11.8 Å². The van der Waals surface area contributed by atoms with E-state index in [1.165, 1.54) is 12.8 Å². The quantitative estimate of drug-likeness (QED) is 0.585. The molecule has 0 bridgehead atoms. The normalized spacial score (nSPS) is 18.2. The van der Waals surface area contributed by atoms with Gasteiger partial charge in [-0.1, -0.05) is 37.5 Å². The third kappa shape index (κ3) is 7.95. The number of piperidine rings is 2. The summed E-state index contributed by atoms with van der Waals surface area (Å²) in [5.41, 5.74) is 0. The number of carbonyl (C=O) groups is 2. The summed E-state index contributed by atoms with van der Waals surface area (Å²) in [5, 5.41) is 0. The molecule has 0 aromatic carbocycles. The van der Waals surface area contributed by atoms with Gasteiger partial charge >= 0.3 is 0 Å². The van der Waals surface area contributed by atoms with Crippen LogP contribution < -0.4 is 0 Å². The lowest BCUT2D eigenvalue weighted by molar-refractivity contribution is -0.127. The van der Waals surface area contributed by atoms with Crippen molar-refractivity contribution in [2.75, 3.05) is 26.2 Å². The molecule has 0 aromatic heterocycles. The minimum atomic E-state index is 0.120. The molecule has 2 saturated heterocycles. The lowest BCUT2D eigenvalue weighted by Crippen LogP contribution is -2.34. The highest BCUT2D eigenvalue weighted by atomic mass is 16.2. The van der Waals surface area contributed by atoms with Crippen LogP contribution in [-0.2, 0) is 9.59 Å². The highest BCUT2D eigenvalue weighted by Gasteiger charge is 2.13. The fraction of sp³-hybridized carbons (Fsp3) is 0.500. The first-order valence-electron chi connectivity index (χ1n) is 8.85. The molecule has 2 heterocycles. The summed E-state index contributed by atoms with van der Waals surface area (Å²) in [5.74, 6) is 0.240. The third-order valence-corrected chi connectivity index (χ3v) is 4.09. The number of hydrogen-bond donors (Lipinski definition) is 0. The van der Waals surface area contributed by atoms with Crippen LogP contribution in [0.25, 0.3) is 0 Å². The summed E-state index contributed by atoms with van der Waals surface area (Å²) in [7, 11) is 0. The molecule has 0 radical (unpaired) electrons. The first-order chi connectivity index (χ1) is 11.7. The molecular formula is C20H30N2O2.